The Kier molecular flexibility index (Phi) is 8.74. The van der Waals surface area contributed by atoms with Crippen LogP contribution in [0.4, 0.5) is 15.6 Å². The second-order valence-corrected chi connectivity index (χ2v) is 8.89. The Bertz CT molecular complexity index is 1100. The molecule has 9 nitrogen and oxygen atoms in total. The average Bonchev–Trinajstić information content (AvgIpc) is 3.34. The summed E-state index contributed by atoms with van der Waals surface area (Å²) in [6.45, 7) is 7.46. The van der Waals surface area contributed by atoms with E-state index in [9.17, 15) is 4.79 Å². The molecule has 1 fully saturated rings. The Labute approximate surface area is 210 Å². The van der Waals surface area contributed by atoms with Crippen LogP contribution in [0.3, 0.4) is 0 Å². The van der Waals surface area contributed by atoms with Crippen molar-refractivity contribution in [3.05, 3.63) is 59.9 Å². The summed E-state index contributed by atoms with van der Waals surface area (Å²) in [5.41, 5.74) is 1.81. The van der Waals surface area contributed by atoms with Crippen LogP contribution < -0.4 is 25.0 Å². The minimum Gasteiger partial charge on any atom is -0.497 e. The van der Waals surface area contributed by atoms with E-state index in [1.165, 1.54) is 11.5 Å². The predicted molar refractivity (Wildman–Crippen MR) is 139 cm³/mol. The largest absolute Gasteiger partial charge is 0.497 e. The molecule has 2 N–H and O–H groups in total. The zero-order valence-corrected chi connectivity index (χ0v) is 21.0. The number of nitrogens with zero attached hydrogens (tertiary/aromatic N) is 4. The summed E-state index contributed by atoms with van der Waals surface area (Å²) in [6, 6.07) is 15.2. The van der Waals surface area contributed by atoms with E-state index < -0.39 is 0 Å². The zero-order valence-electron chi connectivity index (χ0n) is 20.2. The van der Waals surface area contributed by atoms with Crippen LogP contribution in [0.2, 0.25) is 0 Å². The Morgan fingerprint density at radius 3 is 2.74 bits per heavy atom. The molecular formula is C25H32N6O3S. The van der Waals surface area contributed by atoms with Gasteiger partial charge in [-0.15, -0.1) is 0 Å². The highest BCUT2D eigenvalue weighted by Crippen LogP contribution is 2.24. The molecule has 0 saturated carbocycles. The first-order valence-corrected chi connectivity index (χ1v) is 12.6. The number of methoxy groups -OCH3 is 1. The number of carbonyl (C=O) groups excluding carboxylic acids is 1. The molecule has 1 aromatic heterocycles. The molecule has 1 saturated heterocycles. The second-order valence-electron chi connectivity index (χ2n) is 8.16. The molecule has 3 aromatic rings. The Balaban J connectivity index is 1.18. The normalized spacial score (nSPS) is 13.9. The van der Waals surface area contributed by atoms with Crippen LogP contribution in [-0.2, 0) is 6.42 Å². The number of benzene rings is 2. The summed E-state index contributed by atoms with van der Waals surface area (Å²) < 4.78 is 15.4. The van der Waals surface area contributed by atoms with E-state index in [4.69, 9.17) is 14.5 Å². The number of nitrogens with one attached hydrogen (secondary N) is 2. The van der Waals surface area contributed by atoms with Gasteiger partial charge in [0, 0.05) is 57.2 Å². The van der Waals surface area contributed by atoms with Crippen LogP contribution in [0, 0.1) is 0 Å². The van der Waals surface area contributed by atoms with Gasteiger partial charge in [-0.25, -0.2) is 9.78 Å². The molecule has 2 heterocycles. The van der Waals surface area contributed by atoms with Crippen molar-refractivity contribution in [1.82, 2.24) is 19.6 Å². The fourth-order valence-electron chi connectivity index (χ4n) is 3.92. The fraction of sp³-hybridized carbons (Fsp3) is 0.400. The molecule has 0 aliphatic carbocycles. The molecule has 1 aliphatic heterocycles. The molecule has 186 valence electrons. The lowest BCUT2D eigenvalue weighted by Crippen LogP contribution is -2.48. The monoisotopic (exact) mass is 496 g/mol. The summed E-state index contributed by atoms with van der Waals surface area (Å²) in [5, 5.41) is 6.77. The number of aromatic nitrogens is 2. The Hall–Kier alpha value is -3.37. The summed E-state index contributed by atoms with van der Waals surface area (Å²) in [5.74, 6) is 2.35. The van der Waals surface area contributed by atoms with Crippen molar-refractivity contribution in [2.24, 2.45) is 0 Å². The van der Waals surface area contributed by atoms with Gasteiger partial charge in [0.05, 0.1) is 19.4 Å². The van der Waals surface area contributed by atoms with Crippen molar-refractivity contribution in [2.75, 3.05) is 63.2 Å². The van der Waals surface area contributed by atoms with Gasteiger partial charge in [-0.2, -0.15) is 4.37 Å². The van der Waals surface area contributed by atoms with Gasteiger partial charge in [-0.1, -0.05) is 24.3 Å². The number of rotatable bonds is 10. The number of anilines is 2. The number of hydrogen-bond acceptors (Lipinski definition) is 8. The van der Waals surface area contributed by atoms with E-state index in [1.807, 2.05) is 49.4 Å². The van der Waals surface area contributed by atoms with Gasteiger partial charge in [0.15, 0.2) is 0 Å². The molecule has 10 heteroatoms. The minimum atomic E-state index is -0.229. The predicted octanol–water partition coefficient (Wildman–Crippen LogP) is 3.48. The summed E-state index contributed by atoms with van der Waals surface area (Å²) in [4.78, 5) is 21.7. The highest BCUT2D eigenvalue weighted by atomic mass is 32.1. The van der Waals surface area contributed by atoms with E-state index in [2.05, 4.69) is 30.9 Å². The van der Waals surface area contributed by atoms with E-state index >= 15 is 0 Å². The van der Waals surface area contributed by atoms with Crippen LogP contribution in [-0.4, -0.2) is 73.3 Å². The number of ether oxygens (including phenoxy) is 2. The zero-order chi connectivity index (χ0) is 24.5. The highest BCUT2D eigenvalue weighted by Gasteiger charge is 2.20. The third-order valence-corrected chi connectivity index (χ3v) is 6.56. The van der Waals surface area contributed by atoms with E-state index in [0.717, 1.165) is 55.0 Å². The minimum absolute atomic E-state index is 0.229. The van der Waals surface area contributed by atoms with Gasteiger partial charge >= 0.3 is 6.03 Å². The van der Waals surface area contributed by atoms with Crippen molar-refractivity contribution < 1.29 is 14.3 Å². The first-order chi connectivity index (χ1) is 17.1. The van der Waals surface area contributed by atoms with Crippen LogP contribution >= 0.6 is 11.5 Å². The molecule has 0 bridgehead atoms. The summed E-state index contributed by atoms with van der Waals surface area (Å²) >= 11 is 1.45. The van der Waals surface area contributed by atoms with Gasteiger partial charge in [-0.05, 0) is 36.8 Å². The lowest BCUT2D eigenvalue weighted by molar-refractivity contribution is 0.240. The molecule has 1 aliphatic rings. The average molecular weight is 497 g/mol. The molecule has 35 heavy (non-hydrogen) atoms. The van der Waals surface area contributed by atoms with E-state index in [1.54, 1.807) is 7.11 Å². The fourth-order valence-corrected chi connectivity index (χ4v) is 4.65. The maximum absolute atomic E-state index is 12.3. The lowest BCUT2D eigenvalue weighted by atomic mass is 10.1. The third kappa shape index (κ3) is 7.06. The lowest BCUT2D eigenvalue weighted by Gasteiger charge is -2.34. The van der Waals surface area contributed by atoms with Crippen LogP contribution in [0.1, 0.15) is 18.3 Å². The van der Waals surface area contributed by atoms with Crippen molar-refractivity contribution >= 4 is 28.4 Å². The van der Waals surface area contributed by atoms with Gasteiger partial charge in [0.25, 0.3) is 0 Å². The molecule has 4 rings (SSSR count). The second kappa shape index (κ2) is 12.4. The van der Waals surface area contributed by atoms with Crippen LogP contribution in [0.25, 0.3) is 0 Å². The maximum Gasteiger partial charge on any atom is 0.319 e. The molecule has 0 radical (unpaired) electrons. The van der Waals surface area contributed by atoms with Gasteiger partial charge in [0.2, 0.25) is 5.13 Å². The smallest absolute Gasteiger partial charge is 0.319 e. The first-order valence-electron chi connectivity index (χ1n) is 11.8. The molecule has 0 atom stereocenters. The molecule has 2 amide bonds. The topological polar surface area (TPSA) is 91.9 Å². The highest BCUT2D eigenvalue weighted by molar-refractivity contribution is 7.09. The molecular weight excluding hydrogens is 464 g/mol. The standard InChI is InChI=1S/C25H32N6O3S/c1-3-34-22-10-5-4-9-21(22)27-24(32)26-11-12-30-13-15-31(16-14-30)25-28-23(29-35-25)18-19-7-6-8-20(17-19)33-2/h4-10,17H,3,11-16,18H2,1-2H3,(H2,26,27,32). The number of hydrogen-bond donors (Lipinski definition) is 2. The Morgan fingerprint density at radius 1 is 1.11 bits per heavy atom. The van der Waals surface area contributed by atoms with Crippen molar-refractivity contribution in [3.8, 4) is 11.5 Å². The van der Waals surface area contributed by atoms with Gasteiger partial charge < -0.3 is 25.0 Å². The summed E-state index contributed by atoms with van der Waals surface area (Å²) in [7, 11) is 1.67. The number of urea groups is 1. The van der Waals surface area contributed by atoms with Crippen LogP contribution in [0.15, 0.2) is 48.5 Å². The van der Waals surface area contributed by atoms with E-state index in [0.29, 0.717) is 31.0 Å². The van der Waals surface area contributed by atoms with Gasteiger partial charge in [-0.3, -0.25) is 4.90 Å². The quantitative estimate of drug-likeness (QED) is 0.444. The maximum atomic E-state index is 12.3. The number of para-hydroxylation sites is 2. The SMILES string of the molecule is CCOc1ccccc1NC(=O)NCCN1CCN(c2nc(Cc3cccc(OC)c3)ns2)CC1. The molecule has 0 unspecified atom stereocenters. The summed E-state index contributed by atoms with van der Waals surface area (Å²) in [6.07, 6.45) is 0.691. The number of carbonyl (C=O) groups is 1. The Morgan fingerprint density at radius 2 is 1.94 bits per heavy atom. The van der Waals surface area contributed by atoms with Crippen LogP contribution in [0.5, 0.6) is 11.5 Å². The van der Waals surface area contributed by atoms with Crippen molar-refractivity contribution in [2.45, 2.75) is 13.3 Å². The van der Waals surface area contributed by atoms with Crippen molar-refractivity contribution in [3.63, 3.8) is 0 Å². The third-order valence-electron chi connectivity index (χ3n) is 5.75. The van der Waals surface area contributed by atoms with E-state index in [-0.39, 0.29) is 6.03 Å². The van der Waals surface area contributed by atoms with Crippen molar-refractivity contribution in [1.29, 1.82) is 0 Å². The molecule has 2 aromatic carbocycles. The van der Waals surface area contributed by atoms with Gasteiger partial charge in [0.1, 0.15) is 17.3 Å². The number of piperazine rings is 1. The number of amides is 2. The first kappa shape index (κ1) is 24.7. The molecule has 0 spiro atoms.